The average Bonchev–Trinajstić information content (AvgIpc) is 2.16. The number of hydrogen-bond donors (Lipinski definition) is 5. The summed E-state index contributed by atoms with van der Waals surface area (Å²) in [5.74, 6) is 0. The van der Waals surface area contributed by atoms with Crippen LogP contribution in [0.25, 0.3) is 0 Å². The summed E-state index contributed by atoms with van der Waals surface area (Å²) in [7, 11) is -4.64. The van der Waals surface area contributed by atoms with Crippen molar-refractivity contribution in [1.82, 2.24) is 0 Å². The first-order valence-electron chi connectivity index (χ1n) is 4.51. The number of hydrogen-bond acceptors (Lipinski definition) is 3. The highest BCUT2D eigenvalue weighted by atomic mass is 31.2. The van der Waals surface area contributed by atoms with Crippen molar-refractivity contribution >= 4 is 7.82 Å². The summed E-state index contributed by atoms with van der Waals surface area (Å²) in [4.78, 5) is 21.6. The molecule has 1 atom stereocenters. The van der Waals surface area contributed by atoms with Crippen LogP contribution in [0.3, 0.4) is 0 Å². The Morgan fingerprint density at radius 1 is 1.19 bits per heavy atom. The third-order valence-electron chi connectivity index (χ3n) is 1.58. The summed E-state index contributed by atoms with van der Waals surface area (Å²) in [5, 5.41) is 8.67. The van der Waals surface area contributed by atoms with Crippen LogP contribution in [0.2, 0.25) is 0 Å². The SMILES string of the molecule is NC(CO)Cc1ccccc1.O=P(O)(O)O. The maximum Gasteiger partial charge on any atom is 0.466 e. The van der Waals surface area contributed by atoms with Gasteiger partial charge in [-0.1, -0.05) is 30.3 Å². The Morgan fingerprint density at radius 2 is 1.62 bits per heavy atom. The molecule has 0 aliphatic rings. The Morgan fingerprint density at radius 3 is 2.00 bits per heavy atom. The van der Waals surface area contributed by atoms with E-state index >= 15 is 0 Å². The molecular weight excluding hydrogens is 233 g/mol. The fourth-order valence-corrected chi connectivity index (χ4v) is 0.981. The van der Waals surface area contributed by atoms with Gasteiger partial charge in [0.05, 0.1) is 6.61 Å². The minimum Gasteiger partial charge on any atom is -0.395 e. The lowest BCUT2D eigenvalue weighted by Crippen LogP contribution is -2.26. The number of nitrogens with two attached hydrogens (primary N) is 1. The fraction of sp³-hybridized carbons (Fsp3) is 0.333. The highest BCUT2D eigenvalue weighted by molar-refractivity contribution is 7.45. The summed E-state index contributed by atoms with van der Waals surface area (Å²) >= 11 is 0. The van der Waals surface area contributed by atoms with E-state index in [-0.39, 0.29) is 12.6 Å². The lowest BCUT2D eigenvalue weighted by Gasteiger charge is -2.06. The van der Waals surface area contributed by atoms with Gasteiger partial charge in [-0.15, -0.1) is 0 Å². The number of aliphatic hydroxyl groups excluding tert-OH is 1. The molecule has 0 heterocycles. The summed E-state index contributed by atoms with van der Waals surface area (Å²) in [6, 6.07) is 9.80. The molecule has 6 N–H and O–H groups in total. The molecule has 0 spiro atoms. The van der Waals surface area contributed by atoms with E-state index in [2.05, 4.69) is 0 Å². The molecule has 7 heteroatoms. The number of benzene rings is 1. The van der Waals surface area contributed by atoms with Gasteiger partial charge < -0.3 is 25.5 Å². The third kappa shape index (κ3) is 11.3. The highest BCUT2D eigenvalue weighted by Crippen LogP contribution is 2.25. The second-order valence-corrected chi connectivity index (χ2v) is 4.17. The first-order valence-corrected chi connectivity index (χ1v) is 6.08. The van der Waals surface area contributed by atoms with Gasteiger partial charge in [0.25, 0.3) is 0 Å². The van der Waals surface area contributed by atoms with Crippen molar-refractivity contribution in [2.45, 2.75) is 12.5 Å². The lowest BCUT2D eigenvalue weighted by molar-refractivity contribution is 0.265. The van der Waals surface area contributed by atoms with Gasteiger partial charge in [0.2, 0.25) is 0 Å². The largest absolute Gasteiger partial charge is 0.466 e. The van der Waals surface area contributed by atoms with Crippen LogP contribution in [0.5, 0.6) is 0 Å². The van der Waals surface area contributed by atoms with E-state index in [1.807, 2.05) is 30.3 Å². The zero-order chi connectivity index (χ0) is 12.6. The zero-order valence-electron chi connectivity index (χ0n) is 8.60. The van der Waals surface area contributed by atoms with Gasteiger partial charge in [-0.2, -0.15) is 0 Å². The van der Waals surface area contributed by atoms with E-state index in [4.69, 9.17) is 30.1 Å². The van der Waals surface area contributed by atoms with Gasteiger partial charge in [0, 0.05) is 6.04 Å². The minimum absolute atomic E-state index is 0.0505. The van der Waals surface area contributed by atoms with Gasteiger partial charge in [-0.3, -0.25) is 0 Å². The van der Waals surface area contributed by atoms with Crippen molar-refractivity contribution in [3.8, 4) is 0 Å². The molecule has 0 radical (unpaired) electrons. The Kier molecular flexibility index (Phi) is 7.16. The summed E-state index contributed by atoms with van der Waals surface area (Å²) in [6.07, 6.45) is 0.747. The molecule has 0 aromatic heterocycles. The molecule has 0 amide bonds. The molecule has 1 rings (SSSR count). The van der Waals surface area contributed by atoms with Crippen LogP contribution < -0.4 is 5.73 Å². The van der Waals surface area contributed by atoms with Gasteiger partial charge in [-0.25, -0.2) is 4.57 Å². The van der Waals surface area contributed by atoms with Crippen LogP contribution in [0.1, 0.15) is 5.56 Å². The molecule has 92 valence electrons. The van der Waals surface area contributed by atoms with Crippen LogP contribution in [0.15, 0.2) is 30.3 Å². The zero-order valence-corrected chi connectivity index (χ0v) is 9.49. The van der Waals surface area contributed by atoms with E-state index in [1.54, 1.807) is 0 Å². The third-order valence-corrected chi connectivity index (χ3v) is 1.58. The normalized spacial score (nSPS) is 12.6. The van der Waals surface area contributed by atoms with Crippen LogP contribution in [-0.4, -0.2) is 32.4 Å². The smallest absolute Gasteiger partial charge is 0.395 e. The molecule has 0 fully saturated rings. The van der Waals surface area contributed by atoms with Crippen molar-refractivity contribution in [2.24, 2.45) is 5.73 Å². The van der Waals surface area contributed by atoms with Crippen molar-refractivity contribution in [2.75, 3.05) is 6.61 Å². The van der Waals surface area contributed by atoms with E-state index < -0.39 is 7.82 Å². The van der Waals surface area contributed by atoms with Crippen LogP contribution in [-0.2, 0) is 11.0 Å². The summed E-state index contributed by atoms with van der Waals surface area (Å²) in [6.45, 7) is 0.0505. The van der Waals surface area contributed by atoms with Crippen molar-refractivity contribution < 1.29 is 24.4 Å². The molecule has 0 bridgehead atoms. The molecule has 16 heavy (non-hydrogen) atoms. The van der Waals surface area contributed by atoms with Crippen LogP contribution in [0, 0.1) is 0 Å². The van der Waals surface area contributed by atoms with E-state index in [0.29, 0.717) is 0 Å². The minimum atomic E-state index is -4.64. The second kappa shape index (κ2) is 7.51. The number of phosphoric acid groups is 1. The molecule has 6 nitrogen and oxygen atoms in total. The maximum atomic E-state index is 8.88. The first-order chi connectivity index (χ1) is 7.33. The summed E-state index contributed by atoms with van der Waals surface area (Å²) in [5.41, 5.74) is 6.73. The lowest BCUT2D eigenvalue weighted by atomic mass is 10.1. The van der Waals surface area contributed by atoms with Gasteiger partial charge in [0.1, 0.15) is 0 Å². The van der Waals surface area contributed by atoms with E-state index in [1.165, 1.54) is 5.56 Å². The summed E-state index contributed by atoms with van der Waals surface area (Å²) < 4.78 is 8.88. The molecule has 0 saturated heterocycles. The Balaban J connectivity index is 0.000000385. The van der Waals surface area contributed by atoms with Crippen LogP contribution >= 0.6 is 7.82 Å². The van der Waals surface area contributed by atoms with Crippen LogP contribution in [0.4, 0.5) is 0 Å². The molecule has 0 aliphatic heterocycles. The standard InChI is InChI=1S/C9H13NO.H3O4P/c10-9(7-11)6-8-4-2-1-3-5-8;1-5(2,3)4/h1-5,9,11H,6-7,10H2;(H3,1,2,3,4). The van der Waals surface area contributed by atoms with Crippen molar-refractivity contribution in [3.05, 3.63) is 35.9 Å². The molecule has 0 aliphatic carbocycles. The molecule has 1 aromatic carbocycles. The molecule has 1 unspecified atom stereocenters. The molecule has 1 aromatic rings. The highest BCUT2D eigenvalue weighted by Gasteiger charge is 2.00. The maximum absolute atomic E-state index is 8.88. The predicted molar refractivity (Wildman–Crippen MR) is 59.5 cm³/mol. The van der Waals surface area contributed by atoms with E-state index in [9.17, 15) is 0 Å². The quantitative estimate of drug-likeness (QED) is 0.465. The Labute approximate surface area is 93.6 Å². The van der Waals surface area contributed by atoms with Gasteiger partial charge >= 0.3 is 7.82 Å². The Bertz CT molecular complexity index is 318. The molecular formula is C9H16NO5P. The van der Waals surface area contributed by atoms with Gasteiger partial charge in [0.15, 0.2) is 0 Å². The monoisotopic (exact) mass is 249 g/mol. The topological polar surface area (TPSA) is 124 Å². The number of rotatable bonds is 3. The van der Waals surface area contributed by atoms with Gasteiger partial charge in [-0.05, 0) is 12.0 Å². The van der Waals surface area contributed by atoms with E-state index in [0.717, 1.165) is 6.42 Å². The number of aliphatic hydroxyl groups is 1. The Hall–Kier alpha value is -0.750. The fourth-order valence-electron chi connectivity index (χ4n) is 0.981. The molecule has 0 saturated carbocycles. The first kappa shape index (κ1) is 15.2. The average molecular weight is 249 g/mol. The second-order valence-electron chi connectivity index (χ2n) is 3.15. The van der Waals surface area contributed by atoms with Crippen molar-refractivity contribution in [3.63, 3.8) is 0 Å². The predicted octanol–water partition coefficient (Wildman–Crippen LogP) is -0.380. The van der Waals surface area contributed by atoms with Crippen molar-refractivity contribution in [1.29, 1.82) is 0 Å².